The number of hydrogen-bond acceptors (Lipinski definition) is 1. The van der Waals surface area contributed by atoms with Crippen LogP contribution in [-0.2, 0) is 5.54 Å². The van der Waals surface area contributed by atoms with E-state index in [9.17, 15) is 4.39 Å². The predicted molar refractivity (Wildman–Crippen MR) is 63.2 cm³/mol. The van der Waals surface area contributed by atoms with Crippen LogP contribution >= 0.6 is 15.9 Å². The normalized spacial score (nSPS) is 12.3. The van der Waals surface area contributed by atoms with Gasteiger partial charge >= 0.3 is 0 Å². The lowest BCUT2D eigenvalue weighted by Crippen LogP contribution is -2.29. The van der Waals surface area contributed by atoms with Gasteiger partial charge in [-0.05, 0) is 48.0 Å². The molecule has 0 aliphatic heterocycles. The van der Waals surface area contributed by atoms with Crippen LogP contribution in [-0.4, -0.2) is 4.98 Å². The molecular weight excluding hydrogens is 259 g/mol. The third-order valence-corrected chi connectivity index (χ3v) is 3.17. The Morgan fingerprint density at radius 2 is 2.07 bits per heavy atom. The average Bonchev–Trinajstić information content (AvgIpc) is 2.42. The van der Waals surface area contributed by atoms with Gasteiger partial charge in [0, 0.05) is 21.1 Å². The highest BCUT2D eigenvalue weighted by atomic mass is 79.9. The van der Waals surface area contributed by atoms with Crippen LogP contribution in [0.1, 0.15) is 19.5 Å². The number of nitrogens with one attached hydrogen (secondary N) is 1. The molecule has 0 aliphatic rings. The summed E-state index contributed by atoms with van der Waals surface area (Å²) in [6.07, 6.45) is 0. The van der Waals surface area contributed by atoms with Gasteiger partial charge in [-0.15, -0.1) is 0 Å². The molecule has 80 valence electrons. The number of aromatic amines is 1. The highest BCUT2D eigenvalue weighted by Crippen LogP contribution is 2.33. The highest BCUT2D eigenvalue weighted by molar-refractivity contribution is 9.10. The number of aromatic nitrogens is 1. The molecule has 0 atom stereocenters. The monoisotopic (exact) mass is 270 g/mol. The summed E-state index contributed by atoms with van der Waals surface area (Å²) < 4.78 is 13.9. The van der Waals surface area contributed by atoms with E-state index >= 15 is 0 Å². The van der Waals surface area contributed by atoms with Gasteiger partial charge in [0.1, 0.15) is 5.82 Å². The number of fused-ring (bicyclic) bond motifs is 1. The molecule has 2 aromatic rings. The van der Waals surface area contributed by atoms with Crippen molar-refractivity contribution in [2.24, 2.45) is 5.73 Å². The van der Waals surface area contributed by atoms with Gasteiger partial charge in [0.2, 0.25) is 0 Å². The van der Waals surface area contributed by atoms with E-state index in [4.69, 9.17) is 5.73 Å². The zero-order valence-corrected chi connectivity index (χ0v) is 10.2. The largest absolute Gasteiger partial charge is 0.356 e. The van der Waals surface area contributed by atoms with Crippen molar-refractivity contribution in [1.82, 2.24) is 4.98 Å². The first kappa shape index (κ1) is 10.6. The minimum Gasteiger partial charge on any atom is -0.356 e. The Kier molecular flexibility index (Phi) is 2.35. The molecule has 2 nitrogen and oxygen atoms in total. The fraction of sp³-hybridized carbons (Fsp3) is 0.273. The Morgan fingerprint density at radius 3 is 2.67 bits per heavy atom. The molecule has 2 rings (SSSR count). The maximum absolute atomic E-state index is 13.0. The number of halogens is 2. The molecule has 3 N–H and O–H groups in total. The van der Waals surface area contributed by atoms with E-state index in [1.165, 1.54) is 12.1 Å². The molecule has 0 bridgehead atoms. The van der Waals surface area contributed by atoms with Crippen molar-refractivity contribution in [3.8, 4) is 0 Å². The van der Waals surface area contributed by atoms with Crippen LogP contribution in [0.5, 0.6) is 0 Å². The summed E-state index contributed by atoms with van der Waals surface area (Å²) in [5.41, 5.74) is 7.16. The summed E-state index contributed by atoms with van der Waals surface area (Å²) in [5.74, 6) is -0.252. The van der Waals surface area contributed by atoms with Gasteiger partial charge < -0.3 is 10.7 Å². The smallest absolute Gasteiger partial charge is 0.125 e. The third kappa shape index (κ3) is 1.79. The van der Waals surface area contributed by atoms with Crippen LogP contribution in [0.25, 0.3) is 10.9 Å². The quantitative estimate of drug-likeness (QED) is 0.821. The molecule has 0 saturated carbocycles. The summed E-state index contributed by atoms with van der Waals surface area (Å²) in [6.45, 7) is 3.80. The SMILES string of the molecule is CC(C)(N)c1[nH]c2cc(F)ccc2c1Br. The fourth-order valence-electron chi connectivity index (χ4n) is 1.58. The minimum absolute atomic E-state index is 0.252. The van der Waals surface area contributed by atoms with E-state index in [-0.39, 0.29) is 5.82 Å². The van der Waals surface area contributed by atoms with E-state index in [0.29, 0.717) is 0 Å². The molecule has 0 radical (unpaired) electrons. The van der Waals surface area contributed by atoms with Crippen molar-refractivity contribution in [2.75, 3.05) is 0 Å². The molecule has 0 amide bonds. The maximum Gasteiger partial charge on any atom is 0.125 e. The predicted octanol–water partition coefficient (Wildman–Crippen LogP) is 3.26. The molecule has 4 heteroatoms. The molecule has 1 heterocycles. The number of benzene rings is 1. The van der Waals surface area contributed by atoms with Crippen molar-refractivity contribution < 1.29 is 4.39 Å². The zero-order chi connectivity index (χ0) is 11.2. The molecule has 1 aromatic heterocycles. The molecule has 1 aromatic carbocycles. The van der Waals surface area contributed by atoms with Crippen molar-refractivity contribution >= 4 is 26.8 Å². The topological polar surface area (TPSA) is 41.8 Å². The second-order valence-corrected chi connectivity index (χ2v) is 5.02. The standard InChI is InChI=1S/C11H12BrFN2/c1-11(2,14)10-9(12)7-4-3-6(13)5-8(7)15-10/h3-5,15H,14H2,1-2H3. The second kappa shape index (κ2) is 3.32. The van der Waals surface area contributed by atoms with Crippen molar-refractivity contribution in [3.63, 3.8) is 0 Å². The Hall–Kier alpha value is -0.870. The van der Waals surface area contributed by atoms with E-state index in [1.807, 2.05) is 13.8 Å². The van der Waals surface area contributed by atoms with Gasteiger partial charge in [-0.1, -0.05) is 0 Å². The van der Waals surface area contributed by atoms with Gasteiger partial charge in [-0.2, -0.15) is 0 Å². The molecule has 0 unspecified atom stereocenters. The summed E-state index contributed by atoms with van der Waals surface area (Å²) in [6, 6.07) is 4.64. The van der Waals surface area contributed by atoms with E-state index in [2.05, 4.69) is 20.9 Å². The zero-order valence-electron chi connectivity index (χ0n) is 8.57. The van der Waals surface area contributed by atoms with Crippen molar-refractivity contribution in [1.29, 1.82) is 0 Å². The number of rotatable bonds is 1. The molecule has 0 spiro atoms. The van der Waals surface area contributed by atoms with E-state index in [0.717, 1.165) is 21.1 Å². The van der Waals surface area contributed by atoms with E-state index < -0.39 is 5.54 Å². The van der Waals surface area contributed by atoms with Crippen LogP contribution < -0.4 is 5.73 Å². The Balaban J connectivity index is 2.75. The first-order valence-corrected chi connectivity index (χ1v) is 5.45. The third-order valence-electron chi connectivity index (χ3n) is 2.34. The van der Waals surface area contributed by atoms with Crippen LogP contribution in [0.15, 0.2) is 22.7 Å². The molecule has 15 heavy (non-hydrogen) atoms. The van der Waals surface area contributed by atoms with Gasteiger partial charge in [0.15, 0.2) is 0 Å². The first-order chi connectivity index (χ1) is 6.89. The molecule has 0 saturated heterocycles. The number of hydrogen-bond donors (Lipinski definition) is 2. The second-order valence-electron chi connectivity index (χ2n) is 4.23. The maximum atomic E-state index is 13.0. The Morgan fingerprint density at radius 1 is 1.40 bits per heavy atom. The summed E-state index contributed by atoms with van der Waals surface area (Å²) in [5, 5.41) is 0.949. The van der Waals surface area contributed by atoms with Gasteiger partial charge in [-0.25, -0.2) is 4.39 Å². The van der Waals surface area contributed by atoms with Crippen LogP contribution in [0.2, 0.25) is 0 Å². The lowest BCUT2D eigenvalue weighted by atomic mass is 10.0. The number of nitrogens with two attached hydrogens (primary N) is 1. The van der Waals surface area contributed by atoms with Gasteiger partial charge in [-0.3, -0.25) is 0 Å². The van der Waals surface area contributed by atoms with Crippen LogP contribution in [0.4, 0.5) is 4.39 Å². The van der Waals surface area contributed by atoms with Gasteiger partial charge in [0.05, 0.1) is 5.54 Å². The fourth-order valence-corrected chi connectivity index (χ4v) is 2.54. The summed E-state index contributed by atoms with van der Waals surface area (Å²) in [4.78, 5) is 3.13. The first-order valence-electron chi connectivity index (χ1n) is 4.65. The number of H-pyrrole nitrogens is 1. The van der Waals surface area contributed by atoms with Crippen molar-refractivity contribution in [3.05, 3.63) is 34.2 Å². The van der Waals surface area contributed by atoms with E-state index in [1.54, 1.807) is 6.07 Å². The Labute approximate surface area is 95.8 Å². The van der Waals surface area contributed by atoms with Crippen LogP contribution in [0.3, 0.4) is 0 Å². The minimum atomic E-state index is -0.478. The molecule has 0 aliphatic carbocycles. The van der Waals surface area contributed by atoms with Gasteiger partial charge in [0.25, 0.3) is 0 Å². The van der Waals surface area contributed by atoms with Crippen LogP contribution in [0, 0.1) is 5.82 Å². The van der Waals surface area contributed by atoms with Crippen molar-refractivity contribution in [2.45, 2.75) is 19.4 Å². The highest BCUT2D eigenvalue weighted by Gasteiger charge is 2.21. The molecular formula is C11H12BrFN2. The lowest BCUT2D eigenvalue weighted by molar-refractivity contribution is 0.537. The summed E-state index contributed by atoms with van der Waals surface area (Å²) >= 11 is 3.48. The Bertz CT molecular complexity index is 511. The summed E-state index contributed by atoms with van der Waals surface area (Å²) in [7, 11) is 0. The lowest BCUT2D eigenvalue weighted by Gasteiger charge is -2.17. The molecule has 0 fully saturated rings. The average molecular weight is 271 g/mol.